The van der Waals surface area contributed by atoms with Crippen molar-refractivity contribution < 1.29 is 14.3 Å². The molecule has 0 spiro atoms. The van der Waals surface area contributed by atoms with E-state index in [4.69, 9.17) is 4.74 Å². The molecule has 1 aliphatic rings. The van der Waals surface area contributed by atoms with E-state index in [9.17, 15) is 9.59 Å². The number of nitrogens with one attached hydrogen (secondary N) is 2. The molecule has 0 saturated carbocycles. The molecule has 0 radical (unpaired) electrons. The van der Waals surface area contributed by atoms with E-state index < -0.39 is 12.1 Å². The van der Waals surface area contributed by atoms with E-state index in [1.807, 2.05) is 84.9 Å². The summed E-state index contributed by atoms with van der Waals surface area (Å²) in [4.78, 5) is 26.4. The number of benzene rings is 3. The Kier molecular flexibility index (Phi) is 5.81. The summed E-state index contributed by atoms with van der Waals surface area (Å²) >= 11 is 1.55. The number of ether oxygens (including phenoxy) is 1. The van der Waals surface area contributed by atoms with Crippen LogP contribution in [0, 0.1) is 0 Å². The number of alkyl carbamates (subject to hydrolysis) is 1. The van der Waals surface area contributed by atoms with E-state index in [2.05, 4.69) is 10.6 Å². The molecule has 4 rings (SSSR count). The number of carbonyl (C=O) groups excluding carboxylic acids is 2. The van der Waals surface area contributed by atoms with E-state index in [1.54, 1.807) is 11.8 Å². The van der Waals surface area contributed by atoms with Crippen LogP contribution in [0.15, 0.2) is 89.8 Å². The molecular weight excluding hydrogens is 384 g/mol. The van der Waals surface area contributed by atoms with E-state index in [1.165, 1.54) is 0 Å². The van der Waals surface area contributed by atoms with Crippen molar-refractivity contribution in [3.05, 3.63) is 96.1 Å². The predicted octanol–water partition coefficient (Wildman–Crippen LogP) is 4.77. The molecule has 3 aromatic rings. The summed E-state index contributed by atoms with van der Waals surface area (Å²) in [5.41, 5.74) is 2.58. The lowest BCUT2D eigenvalue weighted by molar-refractivity contribution is -0.118. The number of hydrogen-bond donors (Lipinski definition) is 2. The second-order valence-electron chi connectivity index (χ2n) is 6.62. The molecule has 2 unspecified atom stereocenters. The molecule has 2 atom stereocenters. The van der Waals surface area contributed by atoms with Gasteiger partial charge in [0.25, 0.3) is 0 Å². The Labute approximate surface area is 173 Å². The van der Waals surface area contributed by atoms with Crippen molar-refractivity contribution in [2.45, 2.75) is 22.8 Å². The summed E-state index contributed by atoms with van der Waals surface area (Å²) in [7, 11) is 0. The fourth-order valence-electron chi connectivity index (χ4n) is 3.16. The number of hydrogen-bond acceptors (Lipinski definition) is 4. The summed E-state index contributed by atoms with van der Waals surface area (Å²) in [6.45, 7) is 0.143. The largest absolute Gasteiger partial charge is 0.445 e. The Bertz CT molecular complexity index is 995. The van der Waals surface area contributed by atoms with Gasteiger partial charge in [0.05, 0.1) is 10.9 Å². The minimum absolute atomic E-state index is 0.143. The van der Waals surface area contributed by atoms with Crippen LogP contribution < -0.4 is 10.6 Å². The average molecular weight is 404 g/mol. The third-order valence-corrected chi connectivity index (χ3v) is 6.01. The van der Waals surface area contributed by atoms with Gasteiger partial charge in [-0.25, -0.2) is 4.79 Å². The number of thioether (sulfide) groups is 1. The Hall–Kier alpha value is -3.25. The average Bonchev–Trinajstić information content (AvgIpc) is 2.90. The number of amides is 2. The highest BCUT2D eigenvalue weighted by molar-refractivity contribution is 7.99. The van der Waals surface area contributed by atoms with Gasteiger partial charge in [-0.1, -0.05) is 72.8 Å². The number of fused-ring (bicyclic) bond motifs is 1. The van der Waals surface area contributed by atoms with Crippen molar-refractivity contribution >= 4 is 29.4 Å². The van der Waals surface area contributed by atoms with Crippen LogP contribution in [-0.4, -0.2) is 18.0 Å². The maximum Gasteiger partial charge on any atom is 0.408 e. The Morgan fingerprint density at radius 2 is 1.59 bits per heavy atom. The van der Waals surface area contributed by atoms with Crippen molar-refractivity contribution in [2.75, 3.05) is 5.32 Å². The van der Waals surface area contributed by atoms with Crippen LogP contribution in [0.5, 0.6) is 0 Å². The van der Waals surface area contributed by atoms with Crippen LogP contribution in [-0.2, 0) is 16.1 Å². The molecule has 1 aliphatic heterocycles. The molecule has 0 saturated heterocycles. The number of para-hydroxylation sites is 1. The van der Waals surface area contributed by atoms with Crippen molar-refractivity contribution in [3.63, 3.8) is 0 Å². The van der Waals surface area contributed by atoms with Crippen LogP contribution in [0.1, 0.15) is 16.4 Å². The van der Waals surface area contributed by atoms with Gasteiger partial charge in [-0.2, -0.15) is 0 Å². The topological polar surface area (TPSA) is 67.4 Å². The highest BCUT2D eigenvalue weighted by Crippen LogP contribution is 2.43. The van der Waals surface area contributed by atoms with Gasteiger partial charge in [0.2, 0.25) is 5.91 Å². The highest BCUT2D eigenvalue weighted by atomic mass is 32.2. The third kappa shape index (κ3) is 4.60. The van der Waals surface area contributed by atoms with Crippen molar-refractivity contribution in [1.29, 1.82) is 0 Å². The van der Waals surface area contributed by atoms with Crippen molar-refractivity contribution in [1.82, 2.24) is 5.32 Å². The van der Waals surface area contributed by atoms with Gasteiger partial charge < -0.3 is 15.4 Å². The molecule has 2 N–H and O–H groups in total. The lowest BCUT2D eigenvalue weighted by Gasteiger charge is -2.24. The number of anilines is 1. The standard InChI is InChI=1S/C23H20N2O3S/c26-22-20(25-23(27)28-15-16-9-3-1-4-10-16)21(17-11-5-2-6-12-17)29-19-14-8-7-13-18(19)24-22/h1-14,20-21H,15H2,(H,24,26)(H,25,27). The van der Waals surface area contributed by atoms with Gasteiger partial charge in [0, 0.05) is 4.90 Å². The molecule has 0 fully saturated rings. The molecule has 0 bridgehead atoms. The zero-order chi connectivity index (χ0) is 20.1. The molecule has 1 heterocycles. The van der Waals surface area contributed by atoms with E-state index >= 15 is 0 Å². The summed E-state index contributed by atoms with van der Waals surface area (Å²) in [6.07, 6.45) is -0.624. The molecule has 3 aromatic carbocycles. The molecule has 0 aliphatic carbocycles. The maximum atomic E-state index is 13.0. The first-order chi connectivity index (χ1) is 14.2. The lowest BCUT2D eigenvalue weighted by atomic mass is 10.0. The van der Waals surface area contributed by atoms with E-state index in [0.29, 0.717) is 0 Å². The number of rotatable bonds is 4. The molecule has 2 amide bonds. The monoisotopic (exact) mass is 404 g/mol. The van der Waals surface area contributed by atoms with Gasteiger partial charge in [0.1, 0.15) is 12.6 Å². The summed E-state index contributed by atoms with van der Waals surface area (Å²) in [5, 5.41) is 5.40. The normalized spacial score (nSPS) is 18.1. The van der Waals surface area contributed by atoms with Crippen molar-refractivity contribution in [2.24, 2.45) is 0 Å². The van der Waals surface area contributed by atoms with Crippen molar-refractivity contribution in [3.8, 4) is 0 Å². The maximum absolute atomic E-state index is 13.0. The molecule has 29 heavy (non-hydrogen) atoms. The second kappa shape index (κ2) is 8.84. The zero-order valence-corrected chi connectivity index (χ0v) is 16.4. The molecule has 6 heteroatoms. The minimum atomic E-state index is -0.780. The fourth-order valence-corrected chi connectivity index (χ4v) is 4.46. The van der Waals surface area contributed by atoms with Gasteiger partial charge >= 0.3 is 6.09 Å². The van der Waals surface area contributed by atoms with Gasteiger partial charge in [-0.3, -0.25) is 4.79 Å². The fraction of sp³-hybridized carbons (Fsp3) is 0.130. The molecule has 146 valence electrons. The van der Waals surface area contributed by atoms with E-state index in [0.717, 1.165) is 21.7 Å². The molecular formula is C23H20N2O3S. The van der Waals surface area contributed by atoms with Gasteiger partial charge in [-0.15, -0.1) is 11.8 Å². The van der Waals surface area contributed by atoms with Gasteiger partial charge in [0.15, 0.2) is 0 Å². The Balaban J connectivity index is 1.55. The molecule has 5 nitrogen and oxygen atoms in total. The Morgan fingerprint density at radius 3 is 2.34 bits per heavy atom. The summed E-state index contributed by atoms with van der Waals surface area (Å²) in [5.74, 6) is -0.270. The molecule has 0 aromatic heterocycles. The summed E-state index contributed by atoms with van der Waals surface area (Å²) in [6, 6.07) is 26.0. The zero-order valence-electron chi connectivity index (χ0n) is 15.6. The van der Waals surface area contributed by atoms with Crippen LogP contribution in [0.3, 0.4) is 0 Å². The predicted molar refractivity (Wildman–Crippen MR) is 114 cm³/mol. The highest BCUT2D eigenvalue weighted by Gasteiger charge is 2.35. The smallest absolute Gasteiger partial charge is 0.408 e. The second-order valence-corrected chi connectivity index (χ2v) is 7.80. The lowest BCUT2D eigenvalue weighted by Crippen LogP contribution is -2.46. The van der Waals surface area contributed by atoms with Crippen LogP contribution >= 0.6 is 11.8 Å². The first-order valence-corrected chi connectivity index (χ1v) is 10.2. The Morgan fingerprint density at radius 1 is 0.931 bits per heavy atom. The van der Waals surface area contributed by atoms with Crippen LogP contribution in [0.2, 0.25) is 0 Å². The minimum Gasteiger partial charge on any atom is -0.445 e. The van der Waals surface area contributed by atoms with Crippen LogP contribution in [0.4, 0.5) is 10.5 Å². The van der Waals surface area contributed by atoms with Gasteiger partial charge in [-0.05, 0) is 23.3 Å². The first kappa shape index (κ1) is 19.1. The van der Waals surface area contributed by atoms with E-state index in [-0.39, 0.29) is 17.8 Å². The quantitative estimate of drug-likeness (QED) is 0.657. The first-order valence-electron chi connectivity index (χ1n) is 9.29. The summed E-state index contributed by atoms with van der Waals surface area (Å²) < 4.78 is 5.34. The van der Waals surface area contributed by atoms with Crippen LogP contribution in [0.25, 0.3) is 0 Å². The third-order valence-electron chi connectivity index (χ3n) is 4.60. The number of carbonyl (C=O) groups is 2. The SMILES string of the molecule is O=C(NC1C(=O)Nc2ccccc2SC1c1ccccc1)OCc1ccccc1.